The monoisotopic (exact) mass is 525 g/mol. The van der Waals surface area contributed by atoms with Crippen molar-refractivity contribution in [2.24, 2.45) is 5.92 Å². The average molecular weight is 526 g/mol. The fourth-order valence-corrected chi connectivity index (χ4v) is 7.57. The minimum absolute atomic E-state index is 0.374. The molecule has 39 heavy (non-hydrogen) atoms. The largest absolute Gasteiger partial charge is 0.478 e. The lowest BCUT2D eigenvalue weighted by Gasteiger charge is -2.30. The summed E-state index contributed by atoms with van der Waals surface area (Å²) in [5.41, 5.74) is 8.31. The van der Waals surface area contributed by atoms with E-state index in [1.165, 1.54) is 64.6 Å². The zero-order chi connectivity index (χ0) is 27.1. The number of aryl methyl sites for hydroxylation is 2. The number of para-hydroxylation sites is 1. The molecule has 6 rings (SSSR count). The van der Waals surface area contributed by atoms with Gasteiger partial charge < -0.3 is 14.2 Å². The zero-order valence-corrected chi connectivity index (χ0v) is 23.9. The van der Waals surface area contributed by atoms with E-state index < -0.39 is 5.97 Å². The van der Waals surface area contributed by atoms with Crippen LogP contribution in [-0.4, -0.2) is 38.2 Å². The highest BCUT2D eigenvalue weighted by atomic mass is 16.4. The van der Waals surface area contributed by atoms with Gasteiger partial charge in [-0.2, -0.15) is 0 Å². The minimum Gasteiger partial charge on any atom is -0.478 e. The molecular weight excluding hydrogens is 482 g/mol. The van der Waals surface area contributed by atoms with Crippen LogP contribution >= 0.6 is 0 Å². The number of benzene rings is 2. The summed E-state index contributed by atoms with van der Waals surface area (Å²) in [5.74, 6) is 0.376. The van der Waals surface area contributed by atoms with Gasteiger partial charge in [0.15, 0.2) is 0 Å². The van der Waals surface area contributed by atoms with Crippen molar-refractivity contribution in [3.8, 4) is 11.3 Å². The van der Waals surface area contributed by atoms with Crippen LogP contribution in [0.5, 0.6) is 0 Å². The number of carboxylic acids is 1. The standard InChI is InChI=1S/C34H43N3O2/c1-4-9-24(10-5-2)31-28-15-14-25(34(38)39)19-30(28)37-18-8-17-36-22-26(21-35-16-7-11-23(3)20-35)27-12-6-13-29(32(27)36)33(31)37/h6,12-15,19,22-24H,4-5,7-11,16-18,20-21H2,1-3H3,(H,38,39). The van der Waals surface area contributed by atoms with Gasteiger partial charge in [0, 0.05) is 54.2 Å². The molecule has 0 radical (unpaired) electrons. The molecule has 1 N–H and O–H groups in total. The quantitative estimate of drug-likeness (QED) is 0.252. The van der Waals surface area contributed by atoms with Crippen LogP contribution in [0.4, 0.5) is 0 Å². The van der Waals surface area contributed by atoms with E-state index in [0.29, 0.717) is 11.5 Å². The van der Waals surface area contributed by atoms with E-state index in [0.717, 1.165) is 63.2 Å². The maximum absolute atomic E-state index is 12.0. The average Bonchev–Trinajstić information content (AvgIpc) is 3.42. The van der Waals surface area contributed by atoms with Crippen LogP contribution in [0.25, 0.3) is 33.1 Å². The normalized spacial score (nSPS) is 18.0. The van der Waals surface area contributed by atoms with Crippen molar-refractivity contribution in [1.29, 1.82) is 0 Å². The summed E-state index contributed by atoms with van der Waals surface area (Å²) in [6.07, 6.45) is 10.7. The number of hydrogen-bond acceptors (Lipinski definition) is 2. The number of nitrogens with zero attached hydrogens (tertiary/aromatic N) is 3. The smallest absolute Gasteiger partial charge is 0.335 e. The van der Waals surface area contributed by atoms with Gasteiger partial charge in [-0.25, -0.2) is 4.79 Å². The molecule has 5 nitrogen and oxygen atoms in total. The Labute approximate surface area is 232 Å². The van der Waals surface area contributed by atoms with E-state index in [1.54, 1.807) is 6.07 Å². The number of carboxylic acid groups (broad SMARTS) is 1. The highest BCUT2D eigenvalue weighted by Crippen LogP contribution is 2.45. The lowest BCUT2D eigenvalue weighted by Crippen LogP contribution is -2.33. The fraction of sp³-hybridized carbons (Fsp3) is 0.500. The van der Waals surface area contributed by atoms with Gasteiger partial charge in [-0.1, -0.05) is 57.9 Å². The van der Waals surface area contributed by atoms with Gasteiger partial charge in [0.2, 0.25) is 0 Å². The number of aromatic nitrogens is 2. The predicted molar refractivity (Wildman–Crippen MR) is 161 cm³/mol. The Morgan fingerprint density at radius 2 is 1.85 bits per heavy atom. The summed E-state index contributed by atoms with van der Waals surface area (Å²) in [6, 6.07) is 12.7. The van der Waals surface area contributed by atoms with Crippen LogP contribution in [-0.2, 0) is 19.6 Å². The first-order valence-electron chi connectivity index (χ1n) is 15.2. The number of rotatable bonds is 8. The topological polar surface area (TPSA) is 50.4 Å². The van der Waals surface area contributed by atoms with Crippen molar-refractivity contribution in [3.63, 3.8) is 0 Å². The zero-order valence-electron chi connectivity index (χ0n) is 23.9. The van der Waals surface area contributed by atoms with E-state index in [9.17, 15) is 9.90 Å². The third-order valence-corrected chi connectivity index (χ3v) is 9.19. The number of hydrogen-bond donors (Lipinski definition) is 1. The molecule has 2 aromatic heterocycles. The van der Waals surface area contributed by atoms with Gasteiger partial charge >= 0.3 is 5.97 Å². The van der Waals surface area contributed by atoms with Gasteiger partial charge in [0.25, 0.3) is 0 Å². The van der Waals surface area contributed by atoms with Crippen LogP contribution in [0.3, 0.4) is 0 Å². The maximum atomic E-state index is 12.0. The second kappa shape index (κ2) is 10.8. The Bertz CT molecular complexity index is 1500. The molecule has 1 fully saturated rings. The molecule has 4 heterocycles. The summed E-state index contributed by atoms with van der Waals surface area (Å²) in [4.78, 5) is 14.6. The van der Waals surface area contributed by atoms with E-state index in [4.69, 9.17) is 0 Å². The fourth-order valence-electron chi connectivity index (χ4n) is 7.57. The lowest BCUT2D eigenvalue weighted by atomic mass is 9.86. The van der Waals surface area contributed by atoms with Crippen LogP contribution in [0.1, 0.15) is 93.1 Å². The Balaban J connectivity index is 1.59. The number of likely N-dealkylation sites (tertiary alicyclic amines) is 1. The molecule has 2 aliphatic heterocycles. The Kier molecular flexibility index (Phi) is 7.28. The SMILES string of the molecule is CCCC(CCC)c1c2n(c3cc(C(=O)O)ccc13)CCCn1cc(CN3CCCC(C)C3)c3cccc-2c31. The van der Waals surface area contributed by atoms with Gasteiger partial charge in [-0.05, 0) is 73.7 Å². The third kappa shape index (κ3) is 4.69. The Morgan fingerprint density at radius 3 is 2.59 bits per heavy atom. The molecule has 1 atom stereocenters. The Morgan fingerprint density at radius 1 is 1.03 bits per heavy atom. The summed E-state index contributed by atoms with van der Waals surface area (Å²) in [5, 5.41) is 12.4. The summed E-state index contributed by atoms with van der Waals surface area (Å²) in [6.45, 7) is 12.2. The number of aromatic carboxylic acids is 1. The first-order chi connectivity index (χ1) is 19.0. The van der Waals surface area contributed by atoms with Gasteiger partial charge in [0.1, 0.15) is 0 Å². The molecule has 0 spiro atoms. The highest BCUT2D eigenvalue weighted by Gasteiger charge is 2.28. The van der Waals surface area contributed by atoms with E-state index in [-0.39, 0.29) is 0 Å². The first-order valence-corrected chi connectivity index (χ1v) is 15.2. The molecule has 0 bridgehead atoms. The van der Waals surface area contributed by atoms with Crippen molar-refractivity contribution < 1.29 is 9.90 Å². The minimum atomic E-state index is -0.855. The summed E-state index contributed by atoms with van der Waals surface area (Å²) < 4.78 is 4.99. The number of fused-ring (bicyclic) bond motifs is 4. The molecule has 206 valence electrons. The van der Waals surface area contributed by atoms with Crippen molar-refractivity contribution in [3.05, 3.63) is 59.3 Å². The highest BCUT2D eigenvalue weighted by molar-refractivity contribution is 6.03. The van der Waals surface area contributed by atoms with Gasteiger partial charge in [0.05, 0.1) is 16.8 Å². The molecule has 4 aromatic rings. The lowest BCUT2D eigenvalue weighted by molar-refractivity contribution is 0.0697. The Hall–Kier alpha value is -3.05. The molecule has 2 aromatic carbocycles. The molecule has 1 saturated heterocycles. The van der Waals surface area contributed by atoms with Gasteiger partial charge in [-0.15, -0.1) is 0 Å². The van der Waals surface area contributed by atoms with E-state index in [2.05, 4.69) is 65.3 Å². The molecule has 1 unspecified atom stereocenters. The summed E-state index contributed by atoms with van der Waals surface area (Å²) in [7, 11) is 0. The summed E-state index contributed by atoms with van der Waals surface area (Å²) >= 11 is 0. The van der Waals surface area contributed by atoms with Crippen molar-refractivity contribution in [1.82, 2.24) is 14.0 Å². The van der Waals surface area contributed by atoms with Crippen molar-refractivity contribution >= 4 is 27.8 Å². The van der Waals surface area contributed by atoms with Crippen LogP contribution < -0.4 is 0 Å². The second-order valence-electron chi connectivity index (χ2n) is 12.1. The van der Waals surface area contributed by atoms with Crippen LogP contribution in [0.2, 0.25) is 0 Å². The first kappa shape index (κ1) is 26.2. The van der Waals surface area contributed by atoms with Crippen LogP contribution in [0.15, 0.2) is 42.6 Å². The van der Waals surface area contributed by atoms with Crippen molar-refractivity contribution in [2.45, 2.75) is 91.3 Å². The third-order valence-electron chi connectivity index (χ3n) is 9.19. The van der Waals surface area contributed by atoms with Crippen LogP contribution in [0, 0.1) is 5.92 Å². The predicted octanol–water partition coefficient (Wildman–Crippen LogP) is 8.28. The molecule has 2 aliphatic rings. The molecule has 5 heteroatoms. The van der Waals surface area contributed by atoms with Crippen molar-refractivity contribution in [2.75, 3.05) is 13.1 Å². The van der Waals surface area contributed by atoms with E-state index >= 15 is 0 Å². The molecule has 0 saturated carbocycles. The number of carbonyl (C=O) groups is 1. The molecular formula is C34H43N3O2. The van der Waals surface area contributed by atoms with E-state index in [1.807, 2.05) is 6.07 Å². The maximum Gasteiger partial charge on any atom is 0.335 e. The molecule has 0 aliphatic carbocycles. The number of piperidine rings is 1. The molecule has 0 amide bonds. The second-order valence-corrected chi connectivity index (χ2v) is 12.1. The van der Waals surface area contributed by atoms with Gasteiger partial charge in [-0.3, -0.25) is 4.90 Å².